The van der Waals surface area contributed by atoms with Gasteiger partial charge in [0.1, 0.15) is 13.2 Å². The van der Waals surface area contributed by atoms with Crippen molar-refractivity contribution in [2.45, 2.75) is 24.1 Å². The molecule has 28 heavy (non-hydrogen) atoms. The molecule has 3 aromatic rings. The summed E-state index contributed by atoms with van der Waals surface area (Å²) in [5, 5.41) is 6.12. The summed E-state index contributed by atoms with van der Waals surface area (Å²) < 4.78 is 11.3. The Labute approximate surface area is 172 Å². The zero-order valence-electron chi connectivity index (χ0n) is 15.4. The summed E-state index contributed by atoms with van der Waals surface area (Å²) >= 11 is 3.27. The summed E-state index contributed by atoms with van der Waals surface area (Å²) in [6.07, 6.45) is 0. The first-order valence-corrected chi connectivity index (χ1v) is 10.9. The molecule has 1 aliphatic heterocycles. The number of hydrogen-bond donors (Lipinski definition) is 1. The number of thioether (sulfide) groups is 1. The molecule has 5 nitrogen and oxygen atoms in total. The third-order valence-corrected chi connectivity index (χ3v) is 6.19. The number of nitrogens with zero attached hydrogens (tertiary/aromatic N) is 1. The fourth-order valence-electron chi connectivity index (χ4n) is 2.95. The minimum Gasteiger partial charge on any atom is -0.486 e. The second-order valence-corrected chi connectivity index (χ2v) is 8.35. The maximum absolute atomic E-state index is 12.8. The van der Waals surface area contributed by atoms with E-state index in [9.17, 15) is 4.79 Å². The van der Waals surface area contributed by atoms with Crippen LogP contribution >= 0.6 is 23.1 Å². The van der Waals surface area contributed by atoms with E-state index in [1.54, 1.807) is 23.1 Å². The molecule has 0 saturated heterocycles. The minimum atomic E-state index is -0.105. The quantitative estimate of drug-likeness (QED) is 0.607. The topological polar surface area (TPSA) is 60.5 Å². The number of nitrogens with one attached hydrogen (secondary N) is 1. The number of fused-ring (bicyclic) bond motifs is 1. The summed E-state index contributed by atoms with van der Waals surface area (Å²) in [7, 11) is 0. The number of aryl methyl sites for hydroxylation is 1. The number of hydrogen-bond acceptors (Lipinski definition) is 6. The molecular formula is C21H20N2O3S2. The van der Waals surface area contributed by atoms with Crippen molar-refractivity contribution in [2.75, 3.05) is 13.2 Å². The van der Waals surface area contributed by atoms with Gasteiger partial charge in [0.15, 0.2) is 11.5 Å². The van der Waals surface area contributed by atoms with Crippen LogP contribution in [0.2, 0.25) is 0 Å². The Kier molecular flexibility index (Phi) is 5.83. The predicted octanol–water partition coefficient (Wildman–Crippen LogP) is 4.45. The number of ether oxygens (including phenoxy) is 2. The first-order chi connectivity index (χ1) is 13.7. The lowest BCUT2D eigenvalue weighted by atomic mass is 10.1. The molecule has 144 valence electrons. The zero-order valence-corrected chi connectivity index (χ0v) is 17.1. The SMILES string of the molecule is Cc1nc(CSc2ccccc2C(=O)NCc2cccc3c2OCCO3)cs1. The normalized spacial score (nSPS) is 12.6. The van der Waals surface area contributed by atoms with Crippen molar-refractivity contribution in [3.8, 4) is 11.5 Å². The van der Waals surface area contributed by atoms with Gasteiger partial charge in [0.25, 0.3) is 5.91 Å². The van der Waals surface area contributed by atoms with Gasteiger partial charge in [0.2, 0.25) is 0 Å². The molecule has 1 amide bonds. The fourth-order valence-corrected chi connectivity index (χ4v) is 4.61. The van der Waals surface area contributed by atoms with Crippen LogP contribution < -0.4 is 14.8 Å². The molecule has 0 atom stereocenters. The van der Waals surface area contributed by atoms with Crippen molar-refractivity contribution in [1.82, 2.24) is 10.3 Å². The third kappa shape index (κ3) is 4.31. The van der Waals surface area contributed by atoms with Crippen molar-refractivity contribution < 1.29 is 14.3 Å². The Hall–Kier alpha value is -2.51. The number of para-hydroxylation sites is 1. The Morgan fingerprint density at radius 1 is 1.18 bits per heavy atom. The Balaban J connectivity index is 1.44. The average Bonchev–Trinajstić information content (AvgIpc) is 3.16. The molecule has 1 N–H and O–H groups in total. The summed E-state index contributed by atoms with van der Waals surface area (Å²) in [6.45, 7) is 3.45. The number of thiazole rings is 1. The van der Waals surface area contributed by atoms with E-state index in [-0.39, 0.29) is 5.91 Å². The van der Waals surface area contributed by atoms with Gasteiger partial charge >= 0.3 is 0 Å². The van der Waals surface area contributed by atoms with Gasteiger partial charge in [-0.2, -0.15) is 0 Å². The largest absolute Gasteiger partial charge is 0.486 e. The van der Waals surface area contributed by atoms with Gasteiger partial charge in [-0.05, 0) is 25.1 Å². The van der Waals surface area contributed by atoms with Crippen molar-refractivity contribution in [3.05, 3.63) is 69.7 Å². The second-order valence-electron chi connectivity index (χ2n) is 6.27. The van der Waals surface area contributed by atoms with Gasteiger partial charge in [0.05, 0.1) is 16.3 Å². The number of aromatic nitrogens is 1. The zero-order chi connectivity index (χ0) is 19.3. The molecule has 0 aliphatic carbocycles. The molecule has 1 aromatic heterocycles. The van der Waals surface area contributed by atoms with Gasteiger partial charge in [-0.15, -0.1) is 23.1 Å². The molecule has 0 saturated carbocycles. The number of rotatable bonds is 6. The van der Waals surface area contributed by atoms with Gasteiger partial charge in [0, 0.05) is 28.1 Å². The van der Waals surface area contributed by atoms with Crippen LogP contribution in [0.5, 0.6) is 11.5 Å². The van der Waals surface area contributed by atoms with Crippen molar-refractivity contribution in [3.63, 3.8) is 0 Å². The lowest BCUT2D eigenvalue weighted by Gasteiger charge is -2.21. The van der Waals surface area contributed by atoms with Gasteiger partial charge in [-0.25, -0.2) is 4.98 Å². The highest BCUT2D eigenvalue weighted by atomic mass is 32.2. The fraction of sp³-hybridized carbons (Fsp3) is 0.238. The van der Waals surface area contributed by atoms with Crippen LogP contribution in [0.25, 0.3) is 0 Å². The van der Waals surface area contributed by atoms with Crippen LogP contribution in [0.4, 0.5) is 0 Å². The highest BCUT2D eigenvalue weighted by molar-refractivity contribution is 7.98. The van der Waals surface area contributed by atoms with Crippen molar-refractivity contribution in [2.24, 2.45) is 0 Å². The highest BCUT2D eigenvalue weighted by Crippen LogP contribution is 2.33. The summed E-state index contributed by atoms with van der Waals surface area (Å²) in [6, 6.07) is 13.4. The summed E-state index contributed by atoms with van der Waals surface area (Å²) in [5.41, 5.74) is 2.62. The third-order valence-electron chi connectivity index (χ3n) is 4.26. The number of amides is 1. The number of carbonyl (C=O) groups is 1. The molecule has 2 aromatic carbocycles. The van der Waals surface area contributed by atoms with E-state index in [1.807, 2.05) is 49.4 Å². The molecule has 1 aliphatic rings. The molecule has 0 radical (unpaired) electrons. The van der Waals surface area contributed by atoms with E-state index in [0.29, 0.717) is 25.3 Å². The lowest BCUT2D eigenvalue weighted by Crippen LogP contribution is -2.24. The highest BCUT2D eigenvalue weighted by Gasteiger charge is 2.17. The standard InChI is InChI=1S/C21H20N2O3S2/c1-14-23-16(12-27-14)13-28-19-8-3-2-6-17(19)21(24)22-11-15-5-4-7-18-20(15)26-10-9-25-18/h2-8,12H,9-11,13H2,1H3,(H,22,24). The maximum atomic E-state index is 12.8. The van der Waals surface area contributed by atoms with Crippen LogP contribution in [0.15, 0.2) is 52.7 Å². The van der Waals surface area contributed by atoms with Crippen LogP contribution in [0, 0.1) is 6.92 Å². The molecule has 0 spiro atoms. The smallest absolute Gasteiger partial charge is 0.252 e. The summed E-state index contributed by atoms with van der Waals surface area (Å²) in [4.78, 5) is 18.2. The van der Waals surface area contributed by atoms with E-state index in [0.717, 1.165) is 38.4 Å². The van der Waals surface area contributed by atoms with Crippen LogP contribution in [0.1, 0.15) is 26.6 Å². The first kappa shape index (κ1) is 18.8. The van der Waals surface area contributed by atoms with Crippen LogP contribution in [-0.2, 0) is 12.3 Å². The number of carbonyl (C=O) groups excluding carboxylic acids is 1. The Morgan fingerprint density at radius 2 is 2.04 bits per heavy atom. The summed E-state index contributed by atoms with van der Waals surface area (Å²) in [5.74, 6) is 2.08. The lowest BCUT2D eigenvalue weighted by molar-refractivity contribution is 0.0947. The second kappa shape index (κ2) is 8.67. The van der Waals surface area contributed by atoms with Gasteiger partial charge in [-0.3, -0.25) is 4.79 Å². The molecular weight excluding hydrogens is 392 g/mol. The van der Waals surface area contributed by atoms with E-state index in [1.165, 1.54) is 0 Å². The van der Waals surface area contributed by atoms with Gasteiger partial charge in [-0.1, -0.05) is 24.3 Å². The molecule has 2 heterocycles. The maximum Gasteiger partial charge on any atom is 0.252 e. The molecule has 0 bridgehead atoms. The van der Waals surface area contributed by atoms with Crippen LogP contribution in [0.3, 0.4) is 0 Å². The van der Waals surface area contributed by atoms with E-state index in [2.05, 4.69) is 15.7 Å². The Bertz CT molecular complexity index is 987. The van der Waals surface area contributed by atoms with Crippen molar-refractivity contribution >= 4 is 29.0 Å². The van der Waals surface area contributed by atoms with E-state index < -0.39 is 0 Å². The Morgan fingerprint density at radius 3 is 2.89 bits per heavy atom. The van der Waals surface area contributed by atoms with E-state index in [4.69, 9.17) is 9.47 Å². The van der Waals surface area contributed by atoms with Crippen molar-refractivity contribution in [1.29, 1.82) is 0 Å². The molecule has 4 rings (SSSR count). The van der Waals surface area contributed by atoms with Crippen LogP contribution in [-0.4, -0.2) is 24.1 Å². The minimum absolute atomic E-state index is 0.105. The van der Waals surface area contributed by atoms with Gasteiger partial charge < -0.3 is 14.8 Å². The average molecular weight is 413 g/mol. The monoisotopic (exact) mass is 412 g/mol. The predicted molar refractivity (Wildman–Crippen MR) is 111 cm³/mol. The molecule has 7 heteroatoms. The molecule has 0 fully saturated rings. The number of benzene rings is 2. The molecule has 0 unspecified atom stereocenters. The first-order valence-electron chi connectivity index (χ1n) is 8.99. The van der Waals surface area contributed by atoms with E-state index >= 15 is 0 Å².